The second-order valence-corrected chi connectivity index (χ2v) is 3.22. The number of hydrogen-bond donors (Lipinski definition) is 2. The molecular formula is C5H13F2O4P. The van der Waals surface area contributed by atoms with Crippen LogP contribution in [0.4, 0.5) is 8.78 Å². The minimum absolute atomic E-state index is 0.844. The van der Waals surface area contributed by atoms with Crippen molar-refractivity contribution in [2.75, 3.05) is 13.2 Å². The van der Waals surface area contributed by atoms with E-state index in [0.717, 1.165) is 13.2 Å². The van der Waals surface area contributed by atoms with Crippen LogP contribution >= 0.6 is 7.60 Å². The van der Waals surface area contributed by atoms with Gasteiger partial charge in [0.1, 0.15) is 0 Å². The molecule has 76 valence electrons. The fraction of sp³-hybridized carbons (Fsp3) is 1.00. The van der Waals surface area contributed by atoms with Crippen LogP contribution in [0.25, 0.3) is 0 Å². The summed E-state index contributed by atoms with van der Waals surface area (Å²) in [6.07, 6.45) is -3.53. The third kappa shape index (κ3) is 12.6. The summed E-state index contributed by atoms with van der Waals surface area (Å²) in [5.41, 5.74) is 0. The molecule has 0 aromatic heterocycles. The highest BCUT2D eigenvalue weighted by Crippen LogP contribution is 2.42. The SMILES string of the molecule is CCOCC.O=P(O)(O)C(F)F. The van der Waals surface area contributed by atoms with E-state index in [9.17, 15) is 13.3 Å². The van der Waals surface area contributed by atoms with E-state index in [-0.39, 0.29) is 0 Å². The van der Waals surface area contributed by atoms with Gasteiger partial charge in [-0.25, -0.2) is 0 Å². The lowest BCUT2D eigenvalue weighted by molar-refractivity contribution is 0.162. The van der Waals surface area contributed by atoms with E-state index in [2.05, 4.69) is 0 Å². The predicted octanol–water partition coefficient (Wildman–Crippen LogP) is 1.43. The third-order valence-electron chi connectivity index (χ3n) is 0.663. The number of ether oxygens (including phenoxy) is 1. The van der Waals surface area contributed by atoms with Crippen molar-refractivity contribution in [3.63, 3.8) is 0 Å². The smallest absolute Gasteiger partial charge is 0.382 e. The highest BCUT2D eigenvalue weighted by Gasteiger charge is 2.27. The van der Waals surface area contributed by atoms with Crippen molar-refractivity contribution in [3.8, 4) is 0 Å². The fourth-order valence-corrected chi connectivity index (χ4v) is 0.204. The standard InChI is InChI=1S/C4H10O.CH3F2O3P/c1-3-5-4-2;2-1(3)7(4,5)6/h3-4H2,1-2H3;1H,(H2,4,5,6). The first-order valence-corrected chi connectivity index (χ1v) is 4.95. The van der Waals surface area contributed by atoms with Gasteiger partial charge >= 0.3 is 13.8 Å². The zero-order chi connectivity index (χ0) is 10.2. The molecule has 0 aromatic carbocycles. The van der Waals surface area contributed by atoms with Crippen LogP contribution in [-0.2, 0) is 9.30 Å². The predicted molar refractivity (Wildman–Crippen MR) is 40.2 cm³/mol. The molecule has 0 aliphatic heterocycles. The molecule has 0 rings (SSSR count). The molecule has 0 saturated carbocycles. The molecule has 7 heteroatoms. The number of rotatable bonds is 3. The molecule has 0 amide bonds. The Balaban J connectivity index is 0. The van der Waals surface area contributed by atoms with Crippen molar-refractivity contribution >= 4 is 7.60 Å². The minimum Gasteiger partial charge on any atom is -0.382 e. The first-order valence-electron chi connectivity index (χ1n) is 3.27. The van der Waals surface area contributed by atoms with Gasteiger partial charge in [-0.1, -0.05) is 0 Å². The average molecular weight is 206 g/mol. The Morgan fingerprint density at radius 1 is 1.33 bits per heavy atom. The summed E-state index contributed by atoms with van der Waals surface area (Å²) in [4.78, 5) is 14.9. The van der Waals surface area contributed by atoms with Gasteiger partial charge in [0.15, 0.2) is 0 Å². The van der Waals surface area contributed by atoms with Crippen molar-refractivity contribution in [2.45, 2.75) is 20.0 Å². The highest BCUT2D eigenvalue weighted by atomic mass is 31.2. The third-order valence-corrected chi connectivity index (χ3v) is 1.17. The second kappa shape index (κ2) is 7.61. The lowest BCUT2D eigenvalue weighted by Crippen LogP contribution is -1.89. The number of halogens is 2. The summed E-state index contributed by atoms with van der Waals surface area (Å²) in [6, 6.07) is 0. The van der Waals surface area contributed by atoms with Gasteiger partial charge in [0, 0.05) is 13.2 Å². The molecule has 0 atom stereocenters. The van der Waals surface area contributed by atoms with E-state index in [0.29, 0.717) is 0 Å². The van der Waals surface area contributed by atoms with E-state index in [4.69, 9.17) is 14.5 Å². The van der Waals surface area contributed by atoms with Crippen LogP contribution in [0.1, 0.15) is 13.8 Å². The van der Waals surface area contributed by atoms with Crippen LogP contribution < -0.4 is 0 Å². The van der Waals surface area contributed by atoms with E-state index in [1.54, 1.807) is 0 Å². The summed E-state index contributed by atoms with van der Waals surface area (Å²) in [7, 11) is -5.07. The first-order chi connectivity index (χ1) is 5.36. The summed E-state index contributed by atoms with van der Waals surface area (Å²) in [5.74, 6) is 0. The molecule has 0 fully saturated rings. The van der Waals surface area contributed by atoms with Crippen LogP contribution in [0.3, 0.4) is 0 Å². The molecule has 2 N–H and O–H groups in total. The van der Waals surface area contributed by atoms with E-state index < -0.39 is 13.8 Å². The summed E-state index contributed by atoms with van der Waals surface area (Å²) >= 11 is 0. The van der Waals surface area contributed by atoms with Crippen molar-refractivity contribution in [1.82, 2.24) is 0 Å². The minimum atomic E-state index is -5.07. The Morgan fingerprint density at radius 3 is 1.58 bits per heavy atom. The van der Waals surface area contributed by atoms with Gasteiger partial charge in [0.2, 0.25) is 0 Å². The fourth-order valence-electron chi connectivity index (χ4n) is 0.204. The largest absolute Gasteiger partial charge is 0.391 e. The van der Waals surface area contributed by atoms with Crippen LogP contribution in [0.2, 0.25) is 0 Å². The molecule has 0 aliphatic rings. The van der Waals surface area contributed by atoms with Gasteiger partial charge in [-0.3, -0.25) is 4.57 Å². The first kappa shape index (κ1) is 14.5. The molecule has 12 heavy (non-hydrogen) atoms. The van der Waals surface area contributed by atoms with Gasteiger partial charge < -0.3 is 14.5 Å². The highest BCUT2D eigenvalue weighted by molar-refractivity contribution is 7.52. The van der Waals surface area contributed by atoms with Gasteiger partial charge in [-0.2, -0.15) is 8.78 Å². The zero-order valence-electron chi connectivity index (χ0n) is 6.91. The summed E-state index contributed by atoms with van der Waals surface area (Å²) in [6.45, 7) is 5.67. The summed E-state index contributed by atoms with van der Waals surface area (Å²) in [5, 5.41) is 0. The molecule has 0 aliphatic carbocycles. The van der Waals surface area contributed by atoms with E-state index >= 15 is 0 Å². The Labute approximate surface area is 69.7 Å². The topological polar surface area (TPSA) is 66.8 Å². The Hall–Kier alpha value is -0.0300. The van der Waals surface area contributed by atoms with Crippen LogP contribution in [0, 0.1) is 0 Å². The van der Waals surface area contributed by atoms with Gasteiger partial charge in [0.25, 0.3) is 0 Å². The Bertz CT molecular complexity index is 133. The maximum absolute atomic E-state index is 10.8. The molecule has 4 nitrogen and oxygen atoms in total. The summed E-state index contributed by atoms with van der Waals surface area (Å²) < 4.78 is 35.7. The monoisotopic (exact) mass is 206 g/mol. The van der Waals surface area contributed by atoms with Crippen LogP contribution in [0.5, 0.6) is 0 Å². The zero-order valence-corrected chi connectivity index (χ0v) is 7.80. The molecule has 0 aromatic rings. The molecule has 0 spiro atoms. The molecule has 0 unspecified atom stereocenters. The molecule has 0 bridgehead atoms. The van der Waals surface area contributed by atoms with Crippen molar-refractivity contribution in [1.29, 1.82) is 0 Å². The maximum Gasteiger partial charge on any atom is 0.391 e. The second-order valence-electron chi connectivity index (χ2n) is 1.65. The van der Waals surface area contributed by atoms with E-state index in [1.165, 1.54) is 0 Å². The molecule has 0 heterocycles. The van der Waals surface area contributed by atoms with Crippen molar-refractivity contribution in [2.24, 2.45) is 0 Å². The quantitative estimate of drug-likeness (QED) is 0.685. The van der Waals surface area contributed by atoms with Gasteiger partial charge in [-0.05, 0) is 13.8 Å². The van der Waals surface area contributed by atoms with Crippen LogP contribution in [-0.4, -0.2) is 29.2 Å². The van der Waals surface area contributed by atoms with Crippen molar-refractivity contribution in [3.05, 3.63) is 0 Å². The molecule has 0 saturated heterocycles. The van der Waals surface area contributed by atoms with Gasteiger partial charge in [-0.15, -0.1) is 0 Å². The van der Waals surface area contributed by atoms with Gasteiger partial charge in [0.05, 0.1) is 0 Å². The van der Waals surface area contributed by atoms with E-state index in [1.807, 2.05) is 13.8 Å². The van der Waals surface area contributed by atoms with Crippen molar-refractivity contribution < 1.29 is 27.9 Å². The lowest BCUT2D eigenvalue weighted by atomic mass is 10.8. The average Bonchev–Trinajstić information content (AvgIpc) is 1.88. The number of hydrogen-bond acceptors (Lipinski definition) is 2. The normalized spacial score (nSPS) is 10.9. The number of alkyl halides is 2. The molecule has 0 radical (unpaired) electrons. The Kier molecular flexibility index (Phi) is 9.19. The van der Waals surface area contributed by atoms with Crippen LogP contribution in [0.15, 0.2) is 0 Å². The lowest BCUT2D eigenvalue weighted by Gasteiger charge is -1.97. The maximum atomic E-state index is 10.8. The Morgan fingerprint density at radius 2 is 1.58 bits per heavy atom. The molecular weight excluding hydrogens is 193 g/mol.